The summed E-state index contributed by atoms with van der Waals surface area (Å²) in [6.07, 6.45) is 0. The minimum atomic E-state index is -0.0755. The van der Waals surface area contributed by atoms with E-state index in [1.807, 2.05) is 54.9 Å². The zero-order valence-electron chi connectivity index (χ0n) is 18.1. The third-order valence-electron chi connectivity index (χ3n) is 5.03. The van der Waals surface area contributed by atoms with Crippen molar-refractivity contribution in [2.24, 2.45) is 7.05 Å². The molecule has 2 aromatic carbocycles. The standard InChI is InChI=1S/C23H28N4O2S/c1-15(2)18-9-11-19(12-10-18)24-22(28)14-30-23-26-25-21(27(23)5)13-29-20-8-6-7-16(3)17(20)4/h6-12,15H,13-14H2,1-5H3,(H,24,28). The van der Waals surface area contributed by atoms with Crippen LogP contribution in [0.15, 0.2) is 47.6 Å². The van der Waals surface area contributed by atoms with Crippen LogP contribution in [0, 0.1) is 13.8 Å². The van der Waals surface area contributed by atoms with Crippen LogP contribution in [-0.4, -0.2) is 26.4 Å². The van der Waals surface area contributed by atoms with Crippen molar-refractivity contribution in [2.45, 2.75) is 45.4 Å². The van der Waals surface area contributed by atoms with Gasteiger partial charge in [0.15, 0.2) is 11.0 Å². The van der Waals surface area contributed by atoms with Gasteiger partial charge in [-0.25, -0.2) is 0 Å². The summed E-state index contributed by atoms with van der Waals surface area (Å²) in [6, 6.07) is 13.9. The zero-order chi connectivity index (χ0) is 21.7. The number of nitrogens with one attached hydrogen (secondary N) is 1. The Hall–Kier alpha value is -2.80. The summed E-state index contributed by atoms with van der Waals surface area (Å²) in [5.74, 6) is 2.20. The maximum atomic E-state index is 12.3. The van der Waals surface area contributed by atoms with Crippen LogP contribution in [0.3, 0.4) is 0 Å². The Labute approximate surface area is 182 Å². The SMILES string of the molecule is Cc1cccc(OCc2nnc(SCC(=O)Nc3ccc(C(C)C)cc3)n2C)c1C. The molecule has 7 heteroatoms. The van der Waals surface area contributed by atoms with Gasteiger partial charge in [0.2, 0.25) is 5.91 Å². The second-order valence-electron chi connectivity index (χ2n) is 7.56. The predicted molar refractivity (Wildman–Crippen MR) is 121 cm³/mol. The molecule has 0 saturated heterocycles. The third kappa shape index (κ3) is 5.42. The van der Waals surface area contributed by atoms with Gasteiger partial charge in [-0.3, -0.25) is 4.79 Å². The molecule has 0 aliphatic carbocycles. The van der Waals surface area contributed by atoms with Gasteiger partial charge in [0.05, 0.1) is 5.75 Å². The van der Waals surface area contributed by atoms with Gasteiger partial charge in [-0.05, 0) is 54.7 Å². The molecular weight excluding hydrogens is 396 g/mol. The van der Waals surface area contributed by atoms with Gasteiger partial charge >= 0.3 is 0 Å². The van der Waals surface area contributed by atoms with E-state index in [9.17, 15) is 4.79 Å². The molecule has 0 spiro atoms. The molecule has 0 aliphatic heterocycles. The molecular formula is C23H28N4O2S. The van der Waals surface area contributed by atoms with Gasteiger partial charge in [0.1, 0.15) is 12.4 Å². The smallest absolute Gasteiger partial charge is 0.234 e. The van der Waals surface area contributed by atoms with Crippen LogP contribution in [-0.2, 0) is 18.4 Å². The molecule has 0 aliphatic rings. The first kappa shape index (κ1) is 21.9. The number of benzene rings is 2. The quantitative estimate of drug-likeness (QED) is 0.523. The Balaban J connectivity index is 1.53. The van der Waals surface area contributed by atoms with Crippen molar-refractivity contribution in [1.29, 1.82) is 0 Å². The fourth-order valence-electron chi connectivity index (χ4n) is 2.90. The average Bonchev–Trinajstić information content (AvgIpc) is 3.07. The lowest BCUT2D eigenvalue weighted by Crippen LogP contribution is -2.14. The lowest BCUT2D eigenvalue weighted by molar-refractivity contribution is -0.113. The van der Waals surface area contributed by atoms with Crippen LogP contribution in [0.25, 0.3) is 0 Å². The number of carbonyl (C=O) groups excluding carboxylic acids is 1. The van der Waals surface area contributed by atoms with E-state index in [-0.39, 0.29) is 11.7 Å². The zero-order valence-corrected chi connectivity index (χ0v) is 18.9. The summed E-state index contributed by atoms with van der Waals surface area (Å²) in [4.78, 5) is 12.3. The van der Waals surface area contributed by atoms with Crippen LogP contribution in [0.1, 0.15) is 42.3 Å². The van der Waals surface area contributed by atoms with E-state index in [1.165, 1.54) is 22.9 Å². The first-order chi connectivity index (χ1) is 14.3. The van der Waals surface area contributed by atoms with Crippen molar-refractivity contribution in [3.8, 4) is 5.75 Å². The first-order valence-corrected chi connectivity index (χ1v) is 10.9. The molecule has 0 atom stereocenters. The van der Waals surface area contributed by atoms with Gasteiger partial charge < -0.3 is 14.6 Å². The normalized spacial score (nSPS) is 11.0. The largest absolute Gasteiger partial charge is 0.485 e. The third-order valence-corrected chi connectivity index (χ3v) is 6.05. The molecule has 0 fully saturated rings. The Morgan fingerprint density at radius 2 is 1.87 bits per heavy atom. The molecule has 30 heavy (non-hydrogen) atoms. The van der Waals surface area contributed by atoms with E-state index in [0.29, 0.717) is 23.5 Å². The molecule has 1 N–H and O–H groups in total. The lowest BCUT2D eigenvalue weighted by atomic mass is 10.0. The molecule has 3 aromatic rings. The second-order valence-corrected chi connectivity index (χ2v) is 8.50. The maximum Gasteiger partial charge on any atom is 0.234 e. The lowest BCUT2D eigenvalue weighted by Gasteiger charge is -2.10. The van der Waals surface area contributed by atoms with E-state index in [2.05, 4.69) is 42.4 Å². The minimum Gasteiger partial charge on any atom is -0.485 e. The number of aryl methyl sites for hydroxylation is 1. The second kappa shape index (κ2) is 9.80. The van der Waals surface area contributed by atoms with Crippen molar-refractivity contribution in [2.75, 3.05) is 11.1 Å². The Bertz CT molecular complexity index is 1010. The molecule has 0 unspecified atom stereocenters. The molecule has 0 saturated carbocycles. The van der Waals surface area contributed by atoms with E-state index in [1.54, 1.807) is 0 Å². The van der Waals surface area contributed by atoms with Crippen molar-refractivity contribution in [3.63, 3.8) is 0 Å². The highest BCUT2D eigenvalue weighted by Gasteiger charge is 2.13. The van der Waals surface area contributed by atoms with E-state index in [0.717, 1.165) is 17.0 Å². The van der Waals surface area contributed by atoms with Gasteiger partial charge in [0, 0.05) is 12.7 Å². The van der Waals surface area contributed by atoms with Crippen molar-refractivity contribution in [3.05, 3.63) is 65.0 Å². The van der Waals surface area contributed by atoms with Gasteiger partial charge in [-0.1, -0.05) is 49.9 Å². The highest BCUT2D eigenvalue weighted by molar-refractivity contribution is 7.99. The van der Waals surface area contributed by atoms with Gasteiger partial charge in [-0.15, -0.1) is 10.2 Å². The van der Waals surface area contributed by atoms with Crippen LogP contribution in [0.5, 0.6) is 5.75 Å². The number of rotatable bonds is 8. The number of nitrogens with zero attached hydrogens (tertiary/aromatic N) is 3. The fraction of sp³-hybridized carbons (Fsp3) is 0.348. The molecule has 1 amide bonds. The first-order valence-electron chi connectivity index (χ1n) is 9.95. The predicted octanol–water partition coefficient (Wildman–Crippen LogP) is 4.87. The van der Waals surface area contributed by atoms with E-state index >= 15 is 0 Å². The number of ether oxygens (including phenoxy) is 1. The topological polar surface area (TPSA) is 69.0 Å². The number of thioether (sulfide) groups is 1. The molecule has 3 rings (SSSR count). The minimum absolute atomic E-state index is 0.0755. The van der Waals surface area contributed by atoms with Crippen molar-refractivity contribution < 1.29 is 9.53 Å². The average molecular weight is 425 g/mol. The van der Waals surface area contributed by atoms with E-state index in [4.69, 9.17) is 4.74 Å². The summed E-state index contributed by atoms with van der Waals surface area (Å²) in [5.41, 5.74) is 4.35. The summed E-state index contributed by atoms with van der Waals surface area (Å²) < 4.78 is 7.78. The summed E-state index contributed by atoms with van der Waals surface area (Å²) in [7, 11) is 1.88. The Kier molecular flexibility index (Phi) is 7.15. The molecule has 6 nitrogen and oxygen atoms in total. The Morgan fingerprint density at radius 1 is 1.13 bits per heavy atom. The molecule has 158 valence electrons. The number of anilines is 1. The number of carbonyl (C=O) groups is 1. The highest BCUT2D eigenvalue weighted by atomic mass is 32.2. The fourth-order valence-corrected chi connectivity index (χ4v) is 3.63. The highest BCUT2D eigenvalue weighted by Crippen LogP contribution is 2.23. The number of hydrogen-bond donors (Lipinski definition) is 1. The van der Waals surface area contributed by atoms with Crippen molar-refractivity contribution >= 4 is 23.4 Å². The Morgan fingerprint density at radius 3 is 2.57 bits per heavy atom. The van der Waals surface area contributed by atoms with Crippen LogP contribution in [0.2, 0.25) is 0 Å². The summed E-state index contributed by atoms with van der Waals surface area (Å²) >= 11 is 1.35. The molecule has 1 heterocycles. The molecule has 0 radical (unpaired) electrons. The van der Waals surface area contributed by atoms with Crippen LogP contribution >= 0.6 is 11.8 Å². The van der Waals surface area contributed by atoms with Crippen LogP contribution < -0.4 is 10.1 Å². The molecule has 1 aromatic heterocycles. The maximum absolute atomic E-state index is 12.3. The van der Waals surface area contributed by atoms with Crippen LogP contribution in [0.4, 0.5) is 5.69 Å². The van der Waals surface area contributed by atoms with Gasteiger partial charge in [-0.2, -0.15) is 0 Å². The number of amides is 1. The van der Waals surface area contributed by atoms with Gasteiger partial charge in [0.25, 0.3) is 0 Å². The van der Waals surface area contributed by atoms with E-state index < -0.39 is 0 Å². The monoisotopic (exact) mass is 424 g/mol. The molecule has 0 bridgehead atoms. The van der Waals surface area contributed by atoms with Crippen molar-refractivity contribution in [1.82, 2.24) is 14.8 Å². The summed E-state index contributed by atoms with van der Waals surface area (Å²) in [6.45, 7) is 8.71. The summed E-state index contributed by atoms with van der Waals surface area (Å²) in [5, 5.41) is 12.0. The number of hydrogen-bond acceptors (Lipinski definition) is 5. The number of aromatic nitrogens is 3.